The maximum atomic E-state index is 12.3. The molecule has 148 valence electrons. The Labute approximate surface area is 175 Å². The van der Waals surface area contributed by atoms with Gasteiger partial charge in [0.2, 0.25) is 11.1 Å². The van der Waals surface area contributed by atoms with E-state index in [0.29, 0.717) is 31.7 Å². The van der Waals surface area contributed by atoms with E-state index >= 15 is 0 Å². The molecule has 2 N–H and O–H groups in total. The van der Waals surface area contributed by atoms with Crippen LogP contribution in [0.4, 0.5) is 10.8 Å². The van der Waals surface area contributed by atoms with E-state index in [-0.39, 0.29) is 17.3 Å². The van der Waals surface area contributed by atoms with Gasteiger partial charge in [-0.05, 0) is 12.1 Å². The number of amides is 1. The number of aromatic amines is 1. The summed E-state index contributed by atoms with van der Waals surface area (Å²) in [5.74, 6) is -0.211. The molecule has 1 amide bonds. The molecule has 0 aliphatic heterocycles. The first-order valence-corrected chi connectivity index (χ1v) is 10.5. The number of hydrogen-bond acceptors (Lipinski definition) is 9. The van der Waals surface area contributed by atoms with Gasteiger partial charge in [0.25, 0.3) is 5.69 Å². The topological polar surface area (TPSA) is 140 Å². The van der Waals surface area contributed by atoms with Gasteiger partial charge in [-0.3, -0.25) is 14.9 Å². The number of thiazole rings is 1. The van der Waals surface area contributed by atoms with Crippen LogP contribution in [0.3, 0.4) is 0 Å². The molecule has 10 nitrogen and oxygen atoms in total. The van der Waals surface area contributed by atoms with Gasteiger partial charge in [0.1, 0.15) is 5.52 Å². The van der Waals surface area contributed by atoms with Gasteiger partial charge < -0.3 is 10.3 Å². The number of benzene rings is 2. The van der Waals surface area contributed by atoms with E-state index in [9.17, 15) is 14.9 Å². The Kier molecular flexibility index (Phi) is 4.48. The van der Waals surface area contributed by atoms with E-state index in [1.807, 2.05) is 24.3 Å². The van der Waals surface area contributed by atoms with Crippen molar-refractivity contribution in [3.05, 3.63) is 52.6 Å². The first kappa shape index (κ1) is 18.4. The summed E-state index contributed by atoms with van der Waals surface area (Å²) < 4.78 is 0.629. The Morgan fingerprint density at radius 1 is 1.20 bits per heavy atom. The zero-order valence-electron chi connectivity index (χ0n) is 15.0. The van der Waals surface area contributed by atoms with Crippen molar-refractivity contribution in [2.75, 3.05) is 11.1 Å². The van der Waals surface area contributed by atoms with Crippen LogP contribution >= 0.6 is 23.1 Å². The maximum absolute atomic E-state index is 12.3. The standard InChI is InChI=1S/C18H11N7O3S2/c26-14(21-17-20-12-6-5-9(25(27)28)7-13(12)30-17)8-29-18-22-16-15(23-24-18)10-3-1-2-4-11(10)19-16/h1-7H,8H2,(H,19,22,24)(H,20,21,26). The fourth-order valence-electron chi connectivity index (χ4n) is 2.93. The Bertz CT molecular complexity index is 1450. The van der Waals surface area contributed by atoms with Crippen molar-refractivity contribution in [3.63, 3.8) is 0 Å². The zero-order valence-corrected chi connectivity index (χ0v) is 16.7. The summed E-state index contributed by atoms with van der Waals surface area (Å²) >= 11 is 2.33. The van der Waals surface area contributed by atoms with Crippen LogP contribution in [0.5, 0.6) is 0 Å². The molecule has 0 aliphatic carbocycles. The number of nitro benzene ring substituents is 1. The molecule has 0 atom stereocenters. The van der Waals surface area contributed by atoms with E-state index in [1.165, 1.54) is 23.5 Å². The lowest BCUT2D eigenvalue weighted by Crippen LogP contribution is -2.14. The monoisotopic (exact) mass is 437 g/mol. The molecule has 0 saturated heterocycles. The number of non-ortho nitro benzene ring substituents is 1. The molecule has 3 aromatic heterocycles. The highest BCUT2D eigenvalue weighted by atomic mass is 32.2. The minimum atomic E-state index is -0.466. The van der Waals surface area contributed by atoms with E-state index in [1.54, 1.807) is 6.07 Å². The molecule has 3 heterocycles. The van der Waals surface area contributed by atoms with Gasteiger partial charge in [-0.15, -0.1) is 10.2 Å². The average Bonchev–Trinajstić information content (AvgIpc) is 3.31. The molecule has 0 spiro atoms. The highest BCUT2D eigenvalue weighted by Gasteiger charge is 2.14. The number of carbonyl (C=O) groups excluding carboxylic acids is 1. The van der Waals surface area contributed by atoms with Gasteiger partial charge in [-0.2, -0.15) is 0 Å². The Hall–Kier alpha value is -3.64. The Morgan fingerprint density at radius 3 is 2.93 bits per heavy atom. The molecule has 0 bridgehead atoms. The lowest BCUT2D eigenvalue weighted by Gasteiger charge is -2.00. The predicted molar refractivity (Wildman–Crippen MR) is 115 cm³/mol. The minimum absolute atomic E-state index is 0.0170. The molecule has 2 aromatic carbocycles. The van der Waals surface area contributed by atoms with E-state index in [2.05, 4.69) is 30.5 Å². The number of rotatable bonds is 5. The van der Waals surface area contributed by atoms with E-state index in [4.69, 9.17) is 0 Å². The first-order chi connectivity index (χ1) is 14.6. The third-order valence-electron chi connectivity index (χ3n) is 4.26. The van der Waals surface area contributed by atoms with E-state index < -0.39 is 4.92 Å². The SMILES string of the molecule is O=C(CSc1nnc2c(n1)[nH]c1ccccc12)Nc1nc2ccc([N+](=O)[O-])cc2s1. The van der Waals surface area contributed by atoms with Crippen LogP contribution < -0.4 is 5.32 Å². The van der Waals surface area contributed by atoms with Gasteiger partial charge >= 0.3 is 0 Å². The number of carbonyl (C=O) groups is 1. The highest BCUT2D eigenvalue weighted by molar-refractivity contribution is 7.99. The summed E-state index contributed by atoms with van der Waals surface area (Å²) in [6.07, 6.45) is 0. The number of nitrogens with one attached hydrogen (secondary N) is 2. The molecule has 5 rings (SSSR count). The fraction of sp³-hybridized carbons (Fsp3) is 0.0556. The van der Waals surface area contributed by atoms with Crippen LogP contribution in [0.1, 0.15) is 0 Å². The third kappa shape index (κ3) is 3.42. The second-order valence-electron chi connectivity index (χ2n) is 6.23. The van der Waals surface area contributed by atoms with Crippen LogP contribution in [0.25, 0.3) is 32.3 Å². The summed E-state index contributed by atoms with van der Waals surface area (Å²) in [5, 5.41) is 23.6. The predicted octanol–water partition coefficient (Wildman–Crippen LogP) is 3.75. The zero-order chi connectivity index (χ0) is 20.7. The van der Waals surface area contributed by atoms with E-state index in [0.717, 1.165) is 22.7 Å². The number of H-pyrrole nitrogens is 1. The number of thioether (sulfide) groups is 1. The fourth-order valence-corrected chi connectivity index (χ4v) is 4.43. The van der Waals surface area contributed by atoms with Crippen LogP contribution in [-0.4, -0.2) is 41.7 Å². The van der Waals surface area contributed by atoms with Gasteiger partial charge in [-0.25, -0.2) is 9.97 Å². The Morgan fingerprint density at radius 2 is 2.07 bits per heavy atom. The van der Waals surface area contributed by atoms with Crippen molar-refractivity contribution < 1.29 is 9.72 Å². The molecule has 30 heavy (non-hydrogen) atoms. The first-order valence-electron chi connectivity index (χ1n) is 8.65. The molecule has 0 radical (unpaired) electrons. The number of hydrogen-bond donors (Lipinski definition) is 2. The Balaban J connectivity index is 1.28. The van der Waals surface area contributed by atoms with Crippen LogP contribution in [0.15, 0.2) is 47.6 Å². The number of fused-ring (bicyclic) bond motifs is 4. The summed E-state index contributed by atoms with van der Waals surface area (Å²) in [6.45, 7) is 0. The second-order valence-corrected chi connectivity index (χ2v) is 8.20. The lowest BCUT2D eigenvalue weighted by molar-refractivity contribution is -0.384. The minimum Gasteiger partial charge on any atom is -0.338 e. The maximum Gasteiger partial charge on any atom is 0.270 e. The highest BCUT2D eigenvalue weighted by Crippen LogP contribution is 2.29. The second kappa shape index (κ2) is 7.31. The number of aromatic nitrogens is 5. The smallest absolute Gasteiger partial charge is 0.270 e. The number of anilines is 1. The lowest BCUT2D eigenvalue weighted by atomic mass is 10.2. The van der Waals surface area contributed by atoms with Gasteiger partial charge in [-0.1, -0.05) is 41.3 Å². The molecule has 0 aliphatic rings. The molecule has 0 unspecified atom stereocenters. The average molecular weight is 437 g/mol. The summed E-state index contributed by atoms with van der Waals surface area (Å²) in [4.78, 5) is 34.6. The summed E-state index contributed by atoms with van der Waals surface area (Å²) in [7, 11) is 0. The molecule has 12 heteroatoms. The number of para-hydroxylation sites is 1. The largest absolute Gasteiger partial charge is 0.338 e. The molecular weight excluding hydrogens is 426 g/mol. The summed E-state index contributed by atoms with van der Waals surface area (Å²) in [6, 6.07) is 12.1. The van der Waals surface area contributed by atoms with Crippen molar-refractivity contribution in [2.45, 2.75) is 5.16 Å². The third-order valence-corrected chi connectivity index (χ3v) is 6.04. The number of nitrogens with zero attached hydrogens (tertiary/aromatic N) is 5. The van der Waals surface area contributed by atoms with Crippen LogP contribution in [0, 0.1) is 10.1 Å². The van der Waals surface area contributed by atoms with Crippen molar-refractivity contribution in [1.82, 2.24) is 25.1 Å². The van der Waals surface area contributed by atoms with Crippen molar-refractivity contribution in [2.24, 2.45) is 0 Å². The quantitative estimate of drug-likeness (QED) is 0.241. The van der Waals surface area contributed by atoms with Crippen molar-refractivity contribution >= 4 is 72.1 Å². The molecular formula is C18H11N7O3S2. The van der Waals surface area contributed by atoms with Gasteiger partial charge in [0, 0.05) is 23.0 Å². The molecule has 0 fully saturated rings. The van der Waals surface area contributed by atoms with Crippen molar-refractivity contribution in [1.29, 1.82) is 0 Å². The normalized spacial score (nSPS) is 11.3. The molecule has 5 aromatic rings. The van der Waals surface area contributed by atoms with Crippen molar-refractivity contribution in [3.8, 4) is 0 Å². The number of nitro groups is 1. The summed E-state index contributed by atoms with van der Waals surface area (Å²) in [5.41, 5.74) is 2.79. The van der Waals surface area contributed by atoms with Gasteiger partial charge in [0.05, 0.1) is 20.9 Å². The van der Waals surface area contributed by atoms with Gasteiger partial charge in [0.15, 0.2) is 10.8 Å². The van der Waals surface area contributed by atoms with Crippen LogP contribution in [-0.2, 0) is 4.79 Å². The van der Waals surface area contributed by atoms with Crippen LogP contribution in [0.2, 0.25) is 0 Å². The molecule has 0 saturated carbocycles.